The molecule has 3 rings (SSSR count). The largest absolute Gasteiger partial charge is 0.489 e. The fraction of sp³-hybridized carbons (Fsp3) is 0.273. The number of hydrogen-bond acceptors (Lipinski definition) is 4. The van der Waals surface area contributed by atoms with Crippen LogP contribution in [0.5, 0.6) is 5.75 Å². The molecule has 0 aliphatic carbocycles. The van der Waals surface area contributed by atoms with Gasteiger partial charge in [0.25, 0.3) is 0 Å². The Balaban J connectivity index is 1.89. The molecule has 1 heterocycles. The van der Waals surface area contributed by atoms with E-state index in [4.69, 9.17) is 9.47 Å². The molecule has 1 aliphatic rings. The summed E-state index contributed by atoms with van der Waals surface area (Å²) in [6.07, 6.45) is 0. The van der Waals surface area contributed by atoms with E-state index in [0.717, 1.165) is 11.1 Å². The van der Waals surface area contributed by atoms with Gasteiger partial charge in [-0.1, -0.05) is 42.5 Å². The third-order valence-electron chi connectivity index (χ3n) is 4.76. The summed E-state index contributed by atoms with van der Waals surface area (Å²) in [6.45, 7) is 4.52. The Morgan fingerprint density at radius 2 is 1.89 bits per heavy atom. The molecule has 6 heteroatoms. The van der Waals surface area contributed by atoms with E-state index in [9.17, 15) is 9.59 Å². The van der Waals surface area contributed by atoms with Crippen LogP contribution in [-0.4, -0.2) is 30.6 Å². The van der Waals surface area contributed by atoms with Gasteiger partial charge in [-0.05, 0) is 37.1 Å². The van der Waals surface area contributed by atoms with E-state index in [1.165, 1.54) is 12.0 Å². The van der Waals surface area contributed by atoms with Crippen molar-refractivity contribution in [3.8, 4) is 5.75 Å². The molecule has 0 spiro atoms. The van der Waals surface area contributed by atoms with Gasteiger partial charge in [0.2, 0.25) is 0 Å². The number of nitrogens with one attached hydrogen (secondary N) is 1. The van der Waals surface area contributed by atoms with Gasteiger partial charge in [-0.25, -0.2) is 9.59 Å². The van der Waals surface area contributed by atoms with E-state index in [0.29, 0.717) is 30.2 Å². The smallest absolute Gasteiger partial charge is 0.337 e. The molecular formula is C22H24N2O4. The molecule has 2 amide bonds. The third kappa shape index (κ3) is 4.01. The highest BCUT2D eigenvalue weighted by atomic mass is 16.5. The summed E-state index contributed by atoms with van der Waals surface area (Å²) >= 11 is 0. The Hall–Kier alpha value is -3.28. The quantitative estimate of drug-likeness (QED) is 0.774. The number of carbonyl (C=O) groups excluding carboxylic acids is 2. The molecule has 1 atom stereocenters. The number of amides is 2. The summed E-state index contributed by atoms with van der Waals surface area (Å²) in [5.74, 6) is 0.201. The van der Waals surface area contributed by atoms with E-state index >= 15 is 0 Å². The number of urea groups is 1. The molecule has 28 heavy (non-hydrogen) atoms. The molecule has 0 radical (unpaired) electrons. The first-order chi connectivity index (χ1) is 13.5. The third-order valence-corrected chi connectivity index (χ3v) is 4.76. The van der Waals surface area contributed by atoms with E-state index in [-0.39, 0.29) is 6.03 Å². The number of allylic oxidation sites excluding steroid dienone is 1. The minimum atomic E-state index is -0.594. The summed E-state index contributed by atoms with van der Waals surface area (Å²) < 4.78 is 10.9. The van der Waals surface area contributed by atoms with Gasteiger partial charge in [0.15, 0.2) is 0 Å². The first-order valence-corrected chi connectivity index (χ1v) is 9.19. The van der Waals surface area contributed by atoms with Crippen molar-refractivity contribution < 1.29 is 19.1 Å². The zero-order valence-electron chi connectivity index (χ0n) is 16.3. The van der Waals surface area contributed by atoms with E-state index in [1.807, 2.05) is 61.5 Å². The van der Waals surface area contributed by atoms with Crippen molar-refractivity contribution in [2.45, 2.75) is 26.5 Å². The lowest BCUT2D eigenvalue weighted by Gasteiger charge is -2.34. The van der Waals surface area contributed by atoms with Crippen molar-refractivity contribution in [1.82, 2.24) is 10.2 Å². The lowest BCUT2D eigenvalue weighted by atomic mass is 9.94. The highest BCUT2D eigenvalue weighted by Gasteiger charge is 2.35. The minimum Gasteiger partial charge on any atom is -0.489 e. The van der Waals surface area contributed by atoms with Crippen LogP contribution in [-0.2, 0) is 16.1 Å². The van der Waals surface area contributed by atoms with Crippen LogP contribution in [0.2, 0.25) is 0 Å². The Labute approximate surface area is 164 Å². The van der Waals surface area contributed by atoms with Gasteiger partial charge < -0.3 is 14.8 Å². The van der Waals surface area contributed by atoms with Gasteiger partial charge in [0.05, 0.1) is 18.7 Å². The van der Waals surface area contributed by atoms with Gasteiger partial charge in [-0.3, -0.25) is 4.90 Å². The van der Waals surface area contributed by atoms with Crippen LogP contribution in [0.25, 0.3) is 0 Å². The first kappa shape index (κ1) is 19.5. The Morgan fingerprint density at radius 3 is 2.57 bits per heavy atom. The first-order valence-electron chi connectivity index (χ1n) is 9.19. The molecule has 146 valence electrons. The number of esters is 1. The fourth-order valence-electron chi connectivity index (χ4n) is 3.31. The summed E-state index contributed by atoms with van der Waals surface area (Å²) in [6, 6.07) is 16.4. The second-order valence-electron chi connectivity index (χ2n) is 6.46. The van der Waals surface area contributed by atoms with Crippen LogP contribution in [0, 0.1) is 0 Å². The number of methoxy groups -OCH3 is 1. The number of hydrogen-bond donors (Lipinski definition) is 1. The average Bonchev–Trinajstić information content (AvgIpc) is 2.72. The highest BCUT2D eigenvalue weighted by molar-refractivity contribution is 5.95. The van der Waals surface area contributed by atoms with E-state index in [1.54, 1.807) is 6.92 Å². The molecule has 2 aromatic rings. The molecule has 0 saturated heterocycles. The lowest BCUT2D eigenvalue weighted by Crippen LogP contribution is -2.47. The molecule has 1 aliphatic heterocycles. The van der Waals surface area contributed by atoms with Crippen LogP contribution in [0.3, 0.4) is 0 Å². The Bertz CT molecular complexity index is 892. The van der Waals surface area contributed by atoms with E-state index < -0.39 is 12.0 Å². The average molecular weight is 380 g/mol. The minimum absolute atomic E-state index is 0.242. The Morgan fingerprint density at radius 1 is 1.14 bits per heavy atom. The predicted molar refractivity (Wildman–Crippen MR) is 106 cm³/mol. The van der Waals surface area contributed by atoms with Crippen molar-refractivity contribution in [3.05, 3.63) is 77.0 Å². The van der Waals surface area contributed by atoms with Gasteiger partial charge >= 0.3 is 12.0 Å². The highest BCUT2D eigenvalue weighted by Crippen LogP contribution is 2.32. The topological polar surface area (TPSA) is 67.9 Å². The number of rotatable bonds is 6. The van der Waals surface area contributed by atoms with Crippen molar-refractivity contribution in [2.75, 3.05) is 13.7 Å². The Kier molecular flexibility index (Phi) is 5.99. The van der Waals surface area contributed by atoms with Crippen molar-refractivity contribution in [3.63, 3.8) is 0 Å². The van der Waals surface area contributed by atoms with Crippen LogP contribution in [0.4, 0.5) is 4.79 Å². The molecule has 1 N–H and O–H groups in total. The second kappa shape index (κ2) is 8.61. The fourth-order valence-corrected chi connectivity index (χ4v) is 3.31. The number of carbonyl (C=O) groups is 2. The predicted octanol–water partition coefficient (Wildman–Crippen LogP) is 3.80. The monoisotopic (exact) mass is 380 g/mol. The van der Waals surface area contributed by atoms with Crippen molar-refractivity contribution in [1.29, 1.82) is 0 Å². The maximum absolute atomic E-state index is 12.5. The van der Waals surface area contributed by atoms with Gasteiger partial charge in [-0.2, -0.15) is 0 Å². The van der Waals surface area contributed by atoms with Gasteiger partial charge in [0, 0.05) is 12.2 Å². The van der Waals surface area contributed by atoms with Gasteiger partial charge in [-0.15, -0.1) is 0 Å². The molecule has 6 nitrogen and oxygen atoms in total. The van der Waals surface area contributed by atoms with Crippen LogP contribution in [0.15, 0.2) is 65.9 Å². The zero-order valence-corrected chi connectivity index (χ0v) is 16.3. The molecule has 0 bridgehead atoms. The number of ether oxygens (including phenoxy) is 2. The standard InChI is InChI=1S/C22H24N2O4/c1-4-24-15(2)19(21(25)27-3)20(23-22(24)26)17-11-8-12-18(13-17)28-14-16-9-6-5-7-10-16/h5-13,20H,4,14H2,1-3H3,(H,23,26). The van der Waals surface area contributed by atoms with Crippen LogP contribution in [0.1, 0.15) is 31.0 Å². The summed E-state index contributed by atoms with van der Waals surface area (Å²) in [5, 5.41) is 2.90. The van der Waals surface area contributed by atoms with E-state index in [2.05, 4.69) is 5.32 Å². The maximum Gasteiger partial charge on any atom is 0.337 e. The lowest BCUT2D eigenvalue weighted by molar-refractivity contribution is -0.136. The normalized spacial score (nSPS) is 16.6. The SMILES string of the molecule is CCN1C(=O)NC(c2cccc(OCc3ccccc3)c2)C(C(=O)OC)=C1C. The molecular weight excluding hydrogens is 356 g/mol. The maximum atomic E-state index is 12.5. The molecule has 2 aromatic carbocycles. The number of nitrogens with zero attached hydrogens (tertiary/aromatic N) is 1. The molecule has 0 saturated carbocycles. The molecule has 1 unspecified atom stereocenters. The summed E-state index contributed by atoms with van der Waals surface area (Å²) in [7, 11) is 1.34. The van der Waals surface area contributed by atoms with Crippen LogP contribution < -0.4 is 10.1 Å². The second-order valence-corrected chi connectivity index (χ2v) is 6.46. The summed E-state index contributed by atoms with van der Waals surface area (Å²) in [5.41, 5.74) is 2.83. The molecule has 0 fully saturated rings. The molecule has 0 aromatic heterocycles. The van der Waals surface area contributed by atoms with Crippen LogP contribution >= 0.6 is 0 Å². The van der Waals surface area contributed by atoms with Crippen molar-refractivity contribution >= 4 is 12.0 Å². The van der Waals surface area contributed by atoms with Crippen molar-refractivity contribution in [2.24, 2.45) is 0 Å². The summed E-state index contributed by atoms with van der Waals surface area (Å²) in [4.78, 5) is 26.4. The van der Waals surface area contributed by atoms with Gasteiger partial charge in [0.1, 0.15) is 12.4 Å². The number of benzene rings is 2. The zero-order chi connectivity index (χ0) is 20.1.